The van der Waals surface area contributed by atoms with E-state index < -0.39 is 0 Å². The summed E-state index contributed by atoms with van der Waals surface area (Å²) in [6.07, 6.45) is 1.26. The van der Waals surface area contributed by atoms with Crippen molar-refractivity contribution in [3.63, 3.8) is 0 Å². The summed E-state index contributed by atoms with van der Waals surface area (Å²) in [5.41, 5.74) is 3.50. The average Bonchev–Trinajstić information content (AvgIpc) is 2.50. The molecule has 3 nitrogen and oxygen atoms in total. The van der Waals surface area contributed by atoms with Gasteiger partial charge in [-0.3, -0.25) is 4.79 Å². The second-order valence-corrected chi connectivity index (χ2v) is 5.34. The van der Waals surface area contributed by atoms with Crippen LogP contribution in [0.5, 0.6) is 5.75 Å². The van der Waals surface area contributed by atoms with Gasteiger partial charge < -0.3 is 10.1 Å². The van der Waals surface area contributed by atoms with Crippen LogP contribution in [-0.4, -0.2) is 19.1 Å². The maximum atomic E-state index is 11.9. The summed E-state index contributed by atoms with van der Waals surface area (Å²) in [6, 6.07) is 16.0. The van der Waals surface area contributed by atoms with E-state index in [9.17, 15) is 4.79 Å². The molecule has 0 spiro atoms. The van der Waals surface area contributed by atoms with Crippen molar-refractivity contribution in [2.45, 2.75) is 26.7 Å². The first-order chi connectivity index (χ1) is 10.7. The lowest BCUT2D eigenvalue weighted by molar-refractivity contribution is -0.120. The molecule has 0 radical (unpaired) electrons. The van der Waals surface area contributed by atoms with E-state index in [1.165, 1.54) is 11.1 Å². The van der Waals surface area contributed by atoms with Crippen molar-refractivity contribution >= 4 is 5.91 Å². The number of rotatable bonds is 7. The van der Waals surface area contributed by atoms with E-state index in [-0.39, 0.29) is 5.91 Å². The Morgan fingerprint density at radius 1 is 1.09 bits per heavy atom. The molecule has 0 aromatic heterocycles. The van der Waals surface area contributed by atoms with Crippen molar-refractivity contribution < 1.29 is 9.53 Å². The van der Waals surface area contributed by atoms with Crippen molar-refractivity contribution in [1.29, 1.82) is 0 Å². The van der Waals surface area contributed by atoms with Gasteiger partial charge in [0.05, 0.1) is 13.0 Å². The first-order valence-electron chi connectivity index (χ1n) is 7.71. The Hall–Kier alpha value is -2.29. The van der Waals surface area contributed by atoms with Crippen LogP contribution in [0.2, 0.25) is 0 Å². The van der Waals surface area contributed by atoms with Gasteiger partial charge in [0.1, 0.15) is 5.75 Å². The van der Waals surface area contributed by atoms with E-state index in [0.29, 0.717) is 19.6 Å². The Morgan fingerprint density at radius 3 is 2.55 bits per heavy atom. The molecule has 0 saturated carbocycles. The van der Waals surface area contributed by atoms with E-state index in [0.717, 1.165) is 17.7 Å². The van der Waals surface area contributed by atoms with Gasteiger partial charge in [0.2, 0.25) is 5.91 Å². The SMILES string of the molecule is CCOc1ccc(CC(=O)NCCc2cccc(C)c2)cc1. The summed E-state index contributed by atoms with van der Waals surface area (Å²) in [5.74, 6) is 0.892. The molecule has 3 heteroatoms. The maximum absolute atomic E-state index is 11.9. The highest BCUT2D eigenvalue weighted by atomic mass is 16.5. The largest absolute Gasteiger partial charge is 0.494 e. The lowest BCUT2D eigenvalue weighted by atomic mass is 10.1. The van der Waals surface area contributed by atoms with Crippen LogP contribution in [0.15, 0.2) is 48.5 Å². The highest BCUT2D eigenvalue weighted by molar-refractivity contribution is 5.78. The third kappa shape index (κ3) is 5.24. The van der Waals surface area contributed by atoms with Crippen LogP contribution in [0.1, 0.15) is 23.6 Å². The van der Waals surface area contributed by atoms with E-state index in [1.54, 1.807) is 0 Å². The normalized spacial score (nSPS) is 10.3. The van der Waals surface area contributed by atoms with E-state index in [1.807, 2.05) is 37.3 Å². The fraction of sp³-hybridized carbons (Fsp3) is 0.316. The summed E-state index contributed by atoms with van der Waals surface area (Å²) >= 11 is 0. The van der Waals surface area contributed by atoms with Crippen LogP contribution in [0.3, 0.4) is 0 Å². The molecule has 0 aliphatic carbocycles. The molecule has 0 aliphatic rings. The topological polar surface area (TPSA) is 38.3 Å². The van der Waals surface area contributed by atoms with Crippen molar-refractivity contribution in [3.05, 3.63) is 65.2 Å². The minimum absolute atomic E-state index is 0.0526. The van der Waals surface area contributed by atoms with E-state index in [4.69, 9.17) is 4.74 Å². The Morgan fingerprint density at radius 2 is 1.86 bits per heavy atom. The van der Waals surface area contributed by atoms with Gasteiger partial charge in [0, 0.05) is 6.54 Å². The second-order valence-electron chi connectivity index (χ2n) is 5.34. The van der Waals surface area contributed by atoms with Crippen molar-refractivity contribution in [2.24, 2.45) is 0 Å². The molecule has 2 rings (SSSR count). The predicted octanol–water partition coefficient (Wildman–Crippen LogP) is 3.30. The third-order valence-corrected chi connectivity index (χ3v) is 3.42. The lowest BCUT2D eigenvalue weighted by Gasteiger charge is -2.07. The molecule has 1 amide bonds. The molecule has 1 N–H and O–H groups in total. The van der Waals surface area contributed by atoms with Crippen LogP contribution in [0, 0.1) is 6.92 Å². The standard InChI is InChI=1S/C19H23NO2/c1-3-22-18-9-7-17(8-10-18)14-19(21)20-12-11-16-6-4-5-15(2)13-16/h4-10,13H,3,11-12,14H2,1-2H3,(H,20,21). The van der Waals surface area contributed by atoms with Crippen LogP contribution in [-0.2, 0) is 17.6 Å². The minimum Gasteiger partial charge on any atom is -0.494 e. The fourth-order valence-electron chi connectivity index (χ4n) is 2.33. The minimum atomic E-state index is 0.0526. The lowest BCUT2D eigenvalue weighted by Crippen LogP contribution is -2.27. The first-order valence-corrected chi connectivity index (χ1v) is 7.71. The Balaban J connectivity index is 1.75. The molecule has 116 valence electrons. The van der Waals surface area contributed by atoms with Gasteiger partial charge in [-0.1, -0.05) is 42.0 Å². The molecule has 2 aromatic carbocycles. The molecule has 0 bridgehead atoms. The van der Waals surface area contributed by atoms with Gasteiger partial charge in [-0.2, -0.15) is 0 Å². The van der Waals surface area contributed by atoms with Crippen molar-refractivity contribution in [1.82, 2.24) is 5.32 Å². The Bertz CT molecular complexity index is 605. The molecule has 0 atom stereocenters. The van der Waals surface area contributed by atoms with Crippen molar-refractivity contribution in [3.8, 4) is 5.75 Å². The number of ether oxygens (including phenoxy) is 1. The number of carbonyl (C=O) groups excluding carboxylic acids is 1. The molecule has 0 fully saturated rings. The van der Waals surface area contributed by atoms with Gasteiger partial charge in [0.15, 0.2) is 0 Å². The first kappa shape index (κ1) is 16.1. The zero-order valence-corrected chi connectivity index (χ0v) is 13.3. The average molecular weight is 297 g/mol. The highest BCUT2D eigenvalue weighted by Crippen LogP contribution is 2.12. The van der Waals surface area contributed by atoms with Gasteiger partial charge in [0.25, 0.3) is 0 Å². The number of amides is 1. The van der Waals surface area contributed by atoms with Gasteiger partial charge in [-0.25, -0.2) is 0 Å². The van der Waals surface area contributed by atoms with Crippen LogP contribution in [0.25, 0.3) is 0 Å². The molecular weight excluding hydrogens is 274 g/mol. The van der Waals surface area contributed by atoms with Crippen LogP contribution < -0.4 is 10.1 Å². The highest BCUT2D eigenvalue weighted by Gasteiger charge is 2.03. The van der Waals surface area contributed by atoms with Gasteiger partial charge >= 0.3 is 0 Å². The molecule has 0 aliphatic heterocycles. The summed E-state index contributed by atoms with van der Waals surface area (Å²) < 4.78 is 5.39. The molecule has 2 aromatic rings. The number of carbonyl (C=O) groups is 1. The summed E-state index contributed by atoms with van der Waals surface area (Å²) in [5, 5.41) is 2.97. The number of benzene rings is 2. The number of aryl methyl sites for hydroxylation is 1. The number of nitrogens with one attached hydrogen (secondary N) is 1. The van der Waals surface area contributed by atoms with E-state index in [2.05, 4.69) is 30.4 Å². The van der Waals surface area contributed by atoms with Gasteiger partial charge in [-0.15, -0.1) is 0 Å². The Kier molecular flexibility index (Phi) is 6.01. The number of hydrogen-bond acceptors (Lipinski definition) is 2. The van der Waals surface area contributed by atoms with E-state index >= 15 is 0 Å². The third-order valence-electron chi connectivity index (χ3n) is 3.42. The summed E-state index contributed by atoms with van der Waals surface area (Å²) in [4.78, 5) is 11.9. The van der Waals surface area contributed by atoms with Gasteiger partial charge in [-0.05, 0) is 43.5 Å². The predicted molar refractivity (Wildman–Crippen MR) is 89.2 cm³/mol. The van der Waals surface area contributed by atoms with Crippen LogP contribution in [0.4, 0.5) is 0 Å². The molecular formula is C19H23NO2. The smallest absolute Gasteiger partial charge is 0.224 e. The Labute approximate surface area is 132 Å². The zero-order chi connectivity index (χ0) is 15.8. The zero-order valence-electron chi connectivity index (χ0n) is 13.3. The quantitative estimate of drug-likeness (QED) is 0.851. The molecule has 22 heavy (non-hydrogen) atoms. The second kappa shape index (κ2) is 8.23. The molecule has 0 unspecified atom stereocenters. The van der Waals surface area contributed by atoms with Crippen LogP contribution >= 0.6 is 0 Å². The number of hydrogen-bond donors (Lipinski definition) is 1. The molecule has 0 saturated heterocycles. The van der Waals surface area contributed by atoms with Crippen molar-refractivity contribution in [2.75, 3.05) is 13.2 Å². The molecule has 0 heterocycles. The maximum Gasteiger partial charge on any atom is 0.224 e. The summed E-state index contributed by atoms with van der Waals surface area (Å²) in [7, 11) is 0. The monoisotopic (exact) mass is 297 g/mol. The fourth-order valence-corrected chi connectivity index (χ4v) is 2.33. The summed E-state index contributed by atoms with van der Waals surface area (Å²) in [6.45, 7) is 5.35.